The maximum Gasteiger partial charge on any atom is 0.490 e. The molecule has 21 heteroatoms. The van der Waals surface area contributed by atoms with Crippen molar-refractivity contribution in [1.82, 2.24) is 19.5 Å². The average molecular weight is 547 g/mol. The molecule has 3 heterocycles. The quantitative estimate of drug-likeness (QED) is 0.212. The van der Waals surface area contributed by atoms with Gasteiger partial charge in [0, 0.05) is 6.42 Å². The molecule has 1 aliphatic heterocycles. The summed E-state index contributed by atoms with van der Waals surface area (Å²) in [7, 11) is -16.6. The largest absolute Gasteiger partial charge is 0.490 e. The molecule has 5 unspecified atom stereocenters. The fraction of sp³-hybridized carbons (Fsp3) is 0.500. The van der Waals surface area contributed by atoms with E-state index in [1.54, 1.807) is 0 Å². The molecule has 15 nitrogen and oxygen atoms in total. The standard InChI is InChI=1S/C10H12Cl2FN4O11P3/c11-7-6-8(15-3-14-7)17(4-16-6)9-10(12,13)1-5(26-9)2-25-30(21,22)28-31(23,24)27-29(18,19)20/h3-5,9H,1-2H2,(H,21,22)(H,23,24)(H2,18,19,20). The number of hydrogen-bond acceptors (Lipinski definition) is 10. The number of imidazole rings is 1. The molecule has 0 amide bonds. The lowest BCUT2D eigenvalue weighted by Crippen LogP contribution is -2.24. The van der Waals surface area contributed by atoms with E-state index in [2.05, 4.69) is 28.1 Å². The second-order valence-corrected chi connectivity index (χ2v) is 11.4. The molecule has 0 saturated carbocycles. The summed E-state index contributed by atoms with van der Waals surface area (Å²) in [6.07, 6.45) is -1.14. The molecule has 0 aromatic carbocycles. The van der Waals surface area contributed by atoms with Crippen LogP contribution >= 0.6 is 46.7 Å². The Morgan fingerprint density at radius 2 is 1.87 bits per heavy atom. The van der Waals surface area contributed by atoms with Gasteiger partial charge < -0.3 is 24.3 Å². The molecule has 174 valence electrons. The van der Waals surface area contributed by atoms with E-state index in [1.807, 2.05) is 0 Å². The third-order valence-corrected chi connectivity index (χ3v) is 8.01. The Labute approximate surface area is 181 Å². The number of ether oxygens (including phenoxy) is 1. The summed E-state index contributed by atoms with van der Waals surface area (Å²) in [6, 6.07) is 0. The molecule has 1 aliphatic rings. The van der Waals surface area contributed by atoms with E-state index >= 15 is 0 Å². The highest BCUT2D eigenvalue weighted by Crippen LogP contribution is 2.66. The second kappa shape index (κ2) is 8.65. The van der Waals surface area contributed by atoms with Gasteiger partial charge >= 0.3 is 23.5 Å². The molecule has 1 fully saturated rings. The van der Waals surface area contributed by atoms with E-state index in [4.69, 9.17) is 42.6 Å². The highest BCUT2D eigenvalue weighted by Gasteiger charge is 2.51. The molecule has 3 rings (SSSR count). The summed E-state index contributed by atoms with van der Waals surface area (Å²) in [5, 5.41) is -2.57. The van der Waals surface area contributed by atoms with Gasteiger partial charge in [-0.05, 0) is 0 Å². The van der Waals surface area contributed by atoms with Crippen LogP contribution in [0.2, 0.25) is 5.15 Å². The van der Waals surface area contributed by atoms with Gasteiger partial charge in [0.25, 0.3) is 0 Å². The fourth-order valence-electron chi connectivity index (χ4n) is 2.58. The molecule has 0 radical (unpaired) electrons. The van der Waals surface area contributed by atoms with Crippen molar-refractivity contribution in [2.45, 2.75) is 23.9 Å². The SMILES string of the molecule is O=P(O)(O)OP(=O)(O)OP(=O)(O)OCC1CC(F)(Cl)C(n2cnc3c(Cl)ncnc32)O1. The molecule has 5 atom stereocenters. The summed E-state index contributed by atoms with van der Waals surface area (Å²) in [6.45, 7) is -0.874. The highest BCUT2D eigenvalue weighted by molar-refractivity contribution is 7.66. The predicted octanol–water partition coefficient (Wildman–Crippen LogP) is 2.02. The second-order valence-electron chi connectivity index (χ2n) is 5.95. The van der Waals surface area contributed by atoms with Crippen LogP contribution in [0, 0.1) is 0 Å². The third-order valence-electron chi connectivity index (χ3n) is 3.59. The van der Waals surface area contributed by atoms with Gasteiger partial charge in [-0.15, -0.1) is 0 Å². The van der Waals surface area contributed by atoms with Gasteiger partial charge in [0.15, 0.2) is 17.0 Å². The van der Waals surface area contributed by atoms with E-state index in [0.717, 1.165) is 17.2 Å². The van der Waals surface area contributed by atoms with Gasteiger partial charge in [-0.1, -0.05) is 23.2 Å². The van der Waals surface area contributed by atoms with Crippen LogP contribution in [-0.4, -0.2) is 56.9 Å². The van der Waals surface area contributed by atoms with E-state index in [-0.39, 0.29) is 16.3 Å². The fourth-order valence-corrected chi connectivity index (χ4v) is 6.13. The van der Waals surface area contributed by atoms with Gasteiger partial charge in [-0.3, -0.25) is 9.09 Å². The summed E-state index contributed by atoms with van der Waals surface area (Å²) in [5.41, 5.74) is 0.221. The molecule has 0 aliphatic carbocycles. The minimum absolute atomic E-state index is 0.00927. The molecule has 0 bridgehead atoms. The molecule has 1 saturated heterocycles. The molecule has 4 N–H and O–H groups in total. The first kappa shape index (κ1) is 25.1. The van der Waals surface area contributed by atoms with Gasteiger partial charge in [0.1, 0.15) is 11.8 Å². The Morgan fingerprint density at radius 3 is 2.52 bits per heavy atom. The zero-order chi connectivity index (χ0) is 23.2. The molecular weight excluding hydrogens is 535 g/mol. The number of halogens is 3. The van der Waals surface area contributed by atoms with Crippen molar-refractivity contribution in [3.05, 3.63) is 17.8 Å². The maximum atomic E-state index is 14.9. The van der Waals surface area contributed by atoms with Crippen molar-refractivity contribution in [1.29, 1.82) is 0 Å². The molecular formula is C10H12Cl2FN4O11P3. The Morgan fingerprint density at radius 1 is 1.19 bits per heavy atom. The summed E-state index contributed by atoms with van der Waals surface area (Å²) < 4.78 is 66.7. The summed E-state index contributed by atoms with van der Waals surface area (Å²) in [5.74, 6) is 0. The zero-order valence-corrected chi connectivity index (χ0v) is 18.8. The van der Waals surface area contributed by atoms with Gasteiger partial charge in [-0.2, -0.15) is 8.62 Å². The lowest BCUT2D eigenvalue weighted by atomic mass is 10.2. The number of fused-ring (bicyclic) bond motifs is 1. The van der Waals surface area contributed by atoms with Gasteiger partial charge in [0.2, 0.25) is 5.13 Å². The third kappa shape index (κ3) is 6.27. The van der Waals surface area contributed by atoms with E-state index in [9.17, 15) is 23.0 Å². The minimum atomic E-state index is -5.69. The number of phosphoric ester groups is 1. The Bertz CT molecular complexity index is 1130. The van der Waals surface area contributed by atoms with Crippen LogP contribution in [0.15, 0.2) is 12.7 Å². The van der Waals surface area contributed by atoms with Crippen LogP contribution in [0.5, 0.6) is 0 Å². The first-order chi connectivity index (χ1) is 14.1. The van der Waals surface area contributed by atoms with Gasteiger partial charge in [-0.25, -0.2) is 33.0 Å². The smallest absolute Gasteiger partial charge is 0.347 e. The van der Waals surface area contributed by atoms with Crippen molar-refractivity contribution < 1.29 is 55.5 Å². The van der Waals surface area contributed by atoms with Gasteiger partial charge in [0.05, 0.1) is 19.0 Å². The highest BCUT2D eigenvalue weighted by atomic mass is 35.5. The topological polar surface area (TPSA) is 213 Å². The number of hydrogen-bond donors (Lipinski definition) is 4. The van der Waals surface area contributed by atoms with Crippen LogP contribution in [0.4, 0.5) is 4.39 Å². The van der Waals surface area contributed by atoms with E-state index in [1.165, 1.54) is 0 Å². The van der Waals surface area contributed by atoms with E-state index < -0.39 is 54.0 Å². The Hall–Kier alpha value is -0.570. The van der Waals surface area contributed by atoms with Crippen LogP contribution in [0.1, 0.15) is 12.6 Å². The van der Waals surface area contributed by atoms with Crippen molar-refractivity contribution in [3.63, 3.8) is 0 Å². The van der Waals surface area contributed by atoms with Crippen LogP contribution in [-0.2, 0) is 31.6 Å². The lowest BCUT2D eigenvalue weighted by Gasteiger charge is -2.20. The number of alkyl halides is 2. The Kier molecular flexibility index (Phi) is 7.00. The maximum absolute atomic E-state index is 14.9. The van der Waals surface area contributed by atoms with E-state index in [0.29, 0.717) is 0 Å². The van der Waals surface area contributed by atoms with Crippen molar-refractivity contribution >= 4 is 57.8 Å². The zero-order valence-electron chi connectivity index (χ0n) is 14.6. The minimum Gasteiger partial charge on any atom is -0.347 e. The summed E-state index contributed by atoms with van der Waals surface area (Å²) in [4.78, 5) is 47.1. The number of rotatable bonds is 8. The van der Waals surface area contributed by atoms with Crippen LogP contribution < -0.4 is 0 Å². The number of aromatic nitrogens is 4. The van der Waals surface area contributed by atoms with Crippen molar-refractivity contribution in [2.24, 2.45) is 0 Å². The first-order valence-corrected chi connectivity index (χ1v) is 13.0. The molecule has 2 aromatic rings. The molecule has 0 spiro atoms. The normalized spacial score (nSPS) is 28.5. The average Bonchev–Trinajstić information content (AvgIpc) is 3.10. The predicted molar refractivity (Wildman–Crippen MR) is 98.4 cm³/mol. The monoisotopic (exact) mass is 546 g/mol. The lowest BCUT2D eigenvalue weighted by molar-refractivity contribution is -0.0417. The first-order valence-electron chi connectivity index (χ1n) is 7.73. The molecule has 31 heavy (non-hydrogen) atoms. The van der Waals surface area contributed by atoms with Crippen molar-refractivity contribution in [3.8, 4) is 0 Å². The van der Waals surface area contributed by atoms with Crippen molar-refractivity contribution in [2.75, 3.05) is 6.61 Å². The molecule has 2 aromatic heterocycles. The summed E-state index contributed by atoms with van der Waals surface area (Å²) >= 11 is 11.7. The Balaban J connectivity index is 1.69. The van der Waals surface area contributed by atoms with Crippen LogP contribution in [0.3, 0.4) is 0 Å². The number of phosphoric acid groups is 3. The number of nitrogens with zero attached hydrogens (tertiary/aromatic N) is 4. The van der Waals surface area contributed by atoms with Crippen LogP contribution in [0.25, 0.3) is 11.2 Å².